The summed E-state index contributed by atoms with van der Waals surface area (Å²) in [5.74, 6) is 2.41. The first kappa shape index (κ1) is 25.8. The molecule has 0 aliphatic carbocycles. The normalized spacial score (nSPS) is 11.2. The van der Waals surface area contributed by atoms with Gasteiger partial charge in [0.2, 0.25) is 5.75 Å². The van der Waals surface area contributed by atoms with E-state index in [1.165, 1.54) is 17.5 Å². The number of allylic oxidation sites excluding steroid dienone is 2. The Hall–Kier alpha value is -3.21. The summed E-state index contributed by atoms with van der Waals surface area (Å²) in [6, 6.07) is 10.0. The van der Waals surface area contributed by atoms with Crippen molar-refractivity contribution in [3.05, 3.63) is 65.8 Å². The Morgan fingerprint density at radius 2 is 1.55 bits per heavy atom. The highest BCUT2D eigenvalue weighted by atomic mass is 16.5. The number of rotatable bonds is 7. The van der Waals surface area contributed by atoms with Gasteiger partial charge >= 0.3 is 0 Å². The zero-order valence-corrected chi connectivity index (χ0v) is 20.1. The van der Waals surface area contributed by atoms with E-state index in [2.05, 4.69) is 57.8 Å². The summed E-state index contributed by atoms with van der Waals surface area (Å²) in [6.45, 7) is 14.1. The number of hydrogen-bond donors (Lipinski definition) is 1. The molecule has 0 bridgehead atoms. The maximum atomic E-state index is 5.60. The monoisotopic (exact) mass is 424 g/mol. The Kier molecular flexibility index (Phi) is 11.0. The Labute approximate surface area is 187 Å². The molecule has 0 atom stereocenters. The lowest BCUT2D eigenvalue weighted by Crippen LogP contribution is -2.08. The summed E-state index contributed by atoms with van der Waals surface area (Å²) in [6.07, 6.45) is 4.77. The molecule has 5 heteroatoms. The van der Waals surface area contributed by atoms with Crippen molar-refractivity contribution in [1.29, 1.82) is 0 Å². The lowest BCUT2D eigenvalue weighted by molar-refractivity contribution is 0.324. The van der Waals surface area contributed by atoms with Crippen molar-refractivity contribution >= 4 is 17.2 Å². The largest absolute Gasteiger partial charge is 0.493 e. The van der Waals surface area contributed by atoms with Gasteiger partial charge in [-0.05, 0) is 62.2 Å². The van der Waals surface area contributed by atoms with Gasteiger partial charge in [-0.15, -0.1) is 0 Å². The van der Waals surface area contributed by atoms with Crippen molar-refractivity contribution in [3.8, 4) is 17.2 Å². The number of aliphatic imine (C=N–C) groups is 1. The quantitative estimate of drug-likeness (QED) is 0.302. The molecule has 0 aliphatic heterocycles. The molecule has 0 heterocycles. The topological polar surface area (TPSA) is 52.1 Å². The second kappa shape index (κ2) is 13.2. The average Bonchev–Trinajstić information content (AvgIpc) is 2.71. The summed E-state index contributed by atoms with van der Waals surface area (Å²) in [5, 5.41) is 3.35. The molecule has 2 rings (SSSR count). The molecule has 0 fully saturated rings. The van der Waals surface area contributed by atoms with Gasteiger partial charge in [0.05, 0.1) is 27.0 Å². The molecule has 168 valence electrons. The Morgan fingerprint density at radius 1 is 0.968 bits per heavy atom. The summed E-state index contributed by atoms with van der Waals surface area (Å²) in [5.41, 5.74) is 4.86. The van der Waals surface area contributed by atoms with Gasteiger partial charge in [-0.1, -0.05) is 39.0 Å². The summed E-state index contributed by atoms with van der Waals surface area (Å²) >= 11 is 0. The minimum atomic E-state index is 0.521. The minimum Gasteiger partial charge on any atom is -0.493 e. The molecule has 31 heavy (non-hydrogen) atoms. The van der Waals surface area contributed by atoms with E-state index in [1.807, 2.05) is 25.1 Å². The Bertz CT molecular complexity index is 910. The fourth-order valence-corrected chi connectivity index (χ4v) is 3.07. The fraction of sp³-hybridized carbons (Fsp3) is 0.346. The summed E-state index contributed by atoms with van der Waals surface area (Å²) < 4.78 is 16.4. The van der Waals surface area contributed by atoms with Crippen LogP contribution >= 0.6 is 0 Å². The van der Waals surface area contributed by atoms with Gasteiger partial charge in [-0.25, -0.2) is 4.99 Å². The first-order valence-corrected chi connectivity index (χ1v) is 10.4. The molecule has 0 unspecified atom stereocenters. The van der Waals surface area contributed by atoms with Crippen molar-refractivity contribution in [2.75, 3.05) is 26.6 Å². The van der Waals surface area contributed by atoms with E-state index in [0.29, 0.717) is 22.9 Å². The number of aryl methyl sites for hydroxylation is 2. The minimum absolute atomic E-state index is 0.521. The third-order valence-corrected chi connectivity index (χ3v) is 4.09. The van der Waals surface area contributed by atoms with Crippen LogP contribution in [0.2, 0.25) is 0 Å². The first-order valence-electron chi connectivity index (χ1n) is 10.4. The van der Waals surface area contributed by atoms with Crippen LogP contribution in [-0.2, 0) is 0 Å². The molecule has 0 aliphatic rings. The lowest BCUT2D eigenvalue weighted by Gasteiger charge is -2.16. The van der Waals surface area contributed by atoms with Crippen LogP contribution in [-0.4, -0.2) is 27.2 Å². The summed E-state index contributed by atoms with van der Waals surface area (Å²) in [4.78, 5) is 4.75. The van der Waals surface area contributed by atoms with E-state index < -0.39 is 0 Å². The van der Waals surface area contributed by atoms with Crippen LogP contribution < -0.4 is 19.5 Å². The number of ether oxygens (including phenoxy) is 3. The van der Waals surface area contributed by atoms with Crippen molar-refractivity contribution < 1.29 is 14.2 Å². The number of nitrogens with one attached hydrogen (secondary N) is 1. The number of amidine groups is 1. The van der Waals surface area contributed by atoms with E-state index in [4.69, 9.17) is 19.2 Å². The van der Waals surface area contributed by atoms with Crippen molar-refractivity contribution in [1.82, 2.24) is 0 Å². The predicted octanol–water partition coefficient (Wildman–Crippen LogP) is 6.80. The van der Waals surface area contributed by atoms with Crippen LogP contribution in [0.25, 0.3) is 5.70 Å². The number of methoxy groups -OCH3 is 3. The Morgan fingerprint density at radius 3 is 2.03 bits per heavy atom. The zero-order chi connectivity index (χ0) is 23.4. The van der Waals surface area contributed by atoms with Crippen LogP contribution in [0, 0.1) is 13.8 Å². The average molecular weight is 425 g/mol. The molecule has 2 aromatic rings. The number of benzene rings is 2. The second-order valence-electron chi connectivity index (χ2n) is 7.08. The molecule has 0 amide bonds. The van der Waals surface area contributed by atoms with Crippen molar-refractivity contribution in [2.45, 2.75) is 41.0 Å². The van der Waals surface area contributed by atoms with Crippen LogP contribution in [0.3, 0.4) is 0 Å². The molecule has 0 spiro atoms. The fourth-order valence-electron chi connectivity index (χ4n) is 3.07. The number of nitrogens with zero attached hydrogens (tertiary/aromatic N) is 1. The van der Waals surface area contributed by atoms with Gasteiger partial charge in [0.15, 0.2) is 11.5 Å². The molecular formula is C26H36N2O3. The van der Waals surface area contributed by atoms with E-state index in [1.54, 1.807) is 27.4 Å². The van der Waals surface area contributed by atoms with E-state index in [-0.39, 0.29) is 0 Å². The van der Waals surface area contributed by atoms with Gasteiger partial charge < -0.3 is 19.5 Å². The maximum absolute atomic E-state index is 5.60. The Balaban J connectivity index is 0.00000151. The van der Waals surface area contributed by atoms with Crippen molar-refractivity contribution in [2.24, 2.45) is 4.99 Å². The van der Waals surface area contributed by atoms with Gasteiger partial charge in [0.25, 0.3) is 0 Å². The van der Waals surface area contributed by atoms with E-state index in [9.17, 15) is 0 Å². The molecule has 0 radical (unpaired) electrons. The maximum Gasteiger partial charge on any atom is 0.203 e. The number of anilines is 1. The SMILES string of the molecule is C=C/C=C(\N=C(C)Nc1cc(C)cc(C)c1)c1ccc(OC)c(OC)c1OC.CCC. The molecule has 0 saturated carbocycles. The third-order valence-electron chi connectivity index (χ3n) is 4.09. The van der Waals surface area contributed by atoms with Crippen LogP contribution in [0.4, 0.5) is 5.69 Å². The van der Waals surface area contributed by atoms with Crippen LogP contribution in [0.15, 0.2) is 54.1 Å². The second-order valence-corrected chi connectivity index (χ2v) is 7.08. The first-order chi connectivity index (χ1) is 14.8. The molecule has 5 nitrogen and oxygen atoms in total. The highest BCUT2D eigenvalue weighted by molar-refractivity contribution is 5.97. The van der Waals surface area contributed by atoms with Crippen LogP contribution in [0.1, 0.15) is 43.9 Å². The van der Waals surface area contributed by atoms with Gasteiger partial charge in [0.1, 0.15) is 5.84 Å². The predicted molar refractivity (Wildman–Crippen MR) is 133 cm³/mol. The highest BCUT2D eigenvalue weighted by Gasteiger charge is 2.18. The molecule has 0 aromatic heterocycles. The standard InChI is InChI=1S/C23H28N2O3.C3H8/c1-8-9-20(19-10-11-21(26-5)23(28-7)22(19)27-6)25-17(4)24-18-13-15(2)12-16(3)14-18;1-3-2/h8-14H,1H2,2-7H3,(H,24,25);3H2,1-2H3/b20-9-;. The van der Waals surface area contributed by atoms with Gasteiger partial charge in [-0.3, -0.25) is 0 Å². The third kappa shape index (κ3) is 7.52. The highest BCUT2D eigenvalue weighted by Crippen LogP contribution is 2.42. The number of hydrogen-bond acceptors (Lipinski definition) is 4. The molecule has 0 saturated heterocycles. The van der Waals surface area contributed by atoms with Crippen LogP contribution in [0.5, 0.6) is 17.2 Å². The van der Waals surface area contributed by atoms with Crippen molar-refractivity contribution in [3.63, 3.8) is 0 Å². The smallest absolute Gasteiger partial charge is 0.203 e. The van der Waals surface area contributed by atoms with Gasteiger partial charge in [0, 0.05) is 11.3 Å². The molecular weight excluding hydrogens is 388 g/mol. The van der Waals surface area contributed by atoms with Gasteiger partial charge in [-0.2, -0.15) is 0 Å². The van der Waals surface area contributed by atoms with E-state index >= 15 is 0 Å². The molecule has 2 aromatic carbocycles. The summed E-state index contributed by atoms with van der Waals surface area (Å²) in [7, 11) is 4.77. The van der Waals surface area contributed by atoms with E-state index in [0.717, 1.165) is 17.1 Å². The molecule has 1 N–H and O–H groups in total. The zero-order valence-electron chi connectivity index (χ0n) is 20.1. The lowest BCUT2D eigenvalue weighted by atomic mass is 10.1.